The third kappa shape index (κ3) is 4.42. The summed E-state index contributed by atoms with van der Waals surface area (Å²) in [5, 5.41) is 7.68. The molecular formula is C17H20FN5O3. The van der Waals surface area contributed by atoms with Crippen LogP contribution in [-0.4, -0.2) is 70.0 Å². The molecule has 0 N–H and O–H groups in total. The Balaban J connectivity index is 1.47. The zero-order chi connectivity index (χ0) is 18.5. The lowest BCUT2D eigenvalue weighted by atomic mass is 10.1. The zero-order valence-corrected chi connectivity index (χ0v) is 14.5. The number of benzene rings is 1. The smallest absolute Gasteiger partial charge is 0.360 e. The molecule has 0 spiro atoms. The van der Waals surface area contributed by atoms with E-state index >= 15 is 0 Å². The lowest BCUT2D eigenvalue weighted by Gasteiger charge is -2.34. The Kier molecular flexibility index (Phi) is 5.57. The number of hydrogen-bond acceptors (Lipinski definition) is 6. The van der Waals surface area contributed by atoms with Crippen molar-refractivity contribution in [2.45, 2.75) is 13.1 Å². The van der Waals surface area contributed by atoms with Gasteiger partial charge >= 0.3 is 5.97 Å². The van der Waals surface area contributed by atoms with Crippen LogP contribution in [0.15, 0.2) is 30.5 Å². The molecule has 1 aliphatic heterocycles. The highest BCUT2D eigenvalue weighted by Gasteiger charge is 2.22. The number of hydrogen-bond donors (Lipinski definition) is 0. The summed E-state index contributed by atoms with van der Waals surface area (Å²) in [5.41, 5.74) is 0.970. The fraction of sp³-hybridized carbons (Fsp3) is 0.412. The summed E-state index contributed by atoms with van der Waals surface area (Å²) < 4.78 is 19.1. The van der Waals surface area contributed by atoms with Crippen molar-refractivity contribution in [3.8, 4) is 0 Å². The monoisotopic (exact) mass is 361 g/mol. The molecule has 26 heavy (non-hydrogen) atoms. The summed E-state index contributed by atoms with van der Waals surface area (Å²) in [5.74, 6) is -0.796. The summed E-state index contributed by atoms with van der Waals surface area (Å²) in [4.78, 5) is 27.7. The number of amides is 1. The molecule has 0 aliphatic carbocycles. The Hall–Kier alpha value is -2.81. The molecule has 1 amide bonds. The van der Waals surface area contributed by atoms with E-state index in [0.29, 0.717) is 32.8 Å². The molecule has 0 unspecified atom stereocenters. The molecule has 3 rings (SSSR count). The Morgan fingerprint density at radius 2 is 1.85 bits per heavy atom. The summed E-state index contributed by atoms with van der Waals surface area (Å²) in [6, 6.07) is 5.99. The molecule has 0 atom stereocenters. The van der Waals surface area contributed by atoms with E-state index in [1.54, 1.807) is 21.7 Å². The van der Waals surface area contributed by atoms with Gasteiger partial charge in [-0.05, 0) is 17.7 Å². The van der Waals surface area contributed by atoms with E-state index in [-0.39, 0.29) is 23.8 Å². The van der Waals surface area contributed by atoms with Crippen LogP contribution in [0.1, 0.15) is 16.1 Å². The number of nitrogens with zero attached hydrogens (tertiary/aromatic N) is 5. The van der Waals surface area contributed by atoms with Crippen LogP contribution in [0.3, 0.4) is 0 Å². The Morgan fingerprint density at radius 3 is 2.50 bits per heavy atom. The number of rotatable bonds is 5. The number of halogens is 1. The number of esters is 1. The van der Waals surface area contributed by atoms with Crippen LogP contribution < -0.4 is 0 Å². The second kappa shape index (κ2) is 8.05. The average molecular weight is 361 g/mol. The van der Waals surface area contributed by atoms with Crippen LogP contribution in [-0.2, 0) is 22.6 Å². The van der Waals surface area contributed by atoms with Gasteiger partial charge in [-0.1, -0.05) is 17.3 Å². The molecule has 1 aliphatic rings. The molecule has 1 aromatic carbocycles. The lowest BCUT2D eigenvalue weighted by Crippen LogP contribution is -2.49. The summed E-state index contributed by atoms with van der Waals surface area (Å²) in [6.45, 7) is 3.10. The third-order valence-electron chi connectivity index (χ3n) is 4.27. The Bertz CT molecular complexity index is 769. The van der Waals surface area contributed by atoms with E-state index in [4.69, 9.17) is 0 Å². The fourth-order valence-electron chi connectivity index (χ4n) is 2.80. The lowest BCUT2D eigenvalue weighted by molar-refractivity contribution is -0.132. The van der Waals surface area contributed by atoms with Gasteiger partial charge in [0.1, 0.15) is 5.82 Å². The maximum absolute atomic E-state index is 12.9. The van der Waals surface area contributed by atoms with E-state index in [0.717, 1.165) is 5.56 Å². The number of aromatic nitrogens is 3. The number of piperazine rings is 1. The number of carbonyl (C=O) groups is 2. The molecule has 2 aromatic rings. The van der Waals surface area contributed by atoms with Gasteiger partial charge in [-0.15, -0.1) is 5.10 Å². The van der Waals surface area contributed by atoms with Crippen molar-refractivity contribution in [1.29, 1.82) is 0 Å². The molecule has 138 valence electrons. The van der Waals surface area contributed by atoms with E-state index in [1.165, 1.54) is 25.4 Å². The molecule has 8 nitrogen and oxygen atoms in total. The predicted molar refractivity (Wildman–Crippen MR) is 89.6 cm³/mol. The van der Waals surface area contributed by atoms with E-state index < -0.39 is 5.97 Å². The number of ether oxygens (including phenoxy) is 1. The third-order valence-corrected chi connectivity index (χ3v) is 4.27. The first-order valence-corrected chi connectivity index (χ1v) is 8.28. The minimum Gasteiger partial charge on any atom is -0.464 e. The first kappa shape index (κ1) is 18.0. The van der Waals surface area contributed by atoms with Crippen molar-refractivity contribution in [2.75, 3.05) is 33.3 Å². The summed E-state index contributed by atoms with van der Waals surface area (Å²) in [7, 11) is 1.30. The van der Waals surface area contributed by atoms with Crippen LogP contribution in [0.5, 0.6) is 0 Å². The molecule has 0 radical (unpaired) electrons. The molecule has 0 saturated carbocycles. The van der Waals surface area contributed by atoms with Gasteiger partial charge in [0.15, 0.2) is 5.69 Å². The number of carbonyl (C=O) groups excluding carboxylic acids is 2. The van der Waals surface area contributed by atoms with E-state index in [2.05, 4.69) is 19.9 Å². The van der Waals surface area contributed by atoms with Crippen molar-refractivity contribution in [3.63, 3.8) is 0 Å². The van der Waals surface area contributed by atoms with Gasteiger partial charge in [0.25, 0.3) is 0 Å². The van der Waals surface area contributed by atoms with Gasteiger partial charge in [-0.2, -0.15) is 0 Å². The standard InChI is InChI=1S/C17H20FN5O3/c1-26-17(25)15-11-23(20-19-15)12-21-6-8-22(9-7-21)16(24)10-13-2-4-14(18)5-3-13/h2-5,11H,6-10,12H2,1H3. The largest absolute Gasteiger partial charge is 0.464 e. The minimum atomic E-state index is -0.521. The normalized spacial score (nSPS) is 15.1. The average Bonchev–Trinajstić information content (AvgIpc) is 3.12. The highest BCUT2D eigenvalue weighted by Crippen LogP contribution is 2.09. The molecule has 9 heteroatoms. The van der Waals surface area contributed by atoms with E-state index in [1.807, 2.05) is 0 Å². The van der Waals surface area contributed by atoms with Crippen molar-refractivity contribution < 1.29 is 18.7 Å². The summed E-state index contributed by atoms with van der Waals surface area (Å²) in [6.07, 6.45) is 1.81. The predicted octanol–water partition coefficient (Wildman–Crippen LogP) is 0.548. The topological polar surface area (TPSA) is 80.6 Å². The second-order valence-electron chi connectivity index (χ2n) is 6.08. The van der Waals surface area contributed by atoms with Gasteiger partial charge in [0, 0.05) is 26.2 Å². The van der Waals surface area contributed by atoms with Gasteiger partial charge in [-0.3, -0.25) is 9.69 Å². The van der Waals surface area contributed by atoms with Crippen LogP contribution in [0.25, 0.3) is 0 Å². The molecule has 2 heterocycles. The highest BCUT2D eigenvalue weighted by atomic mass is 19.1. The zero-order valence-electron chi connectivity index (χ0n) is 14.5. The number of methoxy groups -OCH3 is 1. The molecule has 1 saturated heterocycles. The Labute approximate surface area is 150 Å². The van der Waals surface area contributed by atoms with Crippen LogP contribution in [0.4, 0.5) is 4.39 Å². The van der Waals surface area contributed by atoms with Crippen molar-refractivity contribution in [3.05, 3.63) is 47.5 Å². The molecule has 1 fully saturated rings. The van der Waals surface area contributed by atoms with Crippen molar-refractivity contribution in [2.24, 2.45) is 0 Å². The van der Waals surface area contributed by atoms with Crippen LogP contribution in [0, 0.1) is 5.82 Å². The van der Waals surface area contributed by atoms with Gasteiger partial charge < -0.3 is 9.64 Å². The maximum atomic E-state index is 12.9. The Morgan fingerprint density at radius 1 is 1.15 bits per heavy atom. The van der Waals surface area contributed by atoms with Crippen molar-refractivity contribution in [1.82, 2.24) is 24.8 Å². The first-order valence-electron chi connectivity index (χ1n) is 8.28. The summed E-state index contributed by atoms with van der Waals surface area (Å²) >= 11 is 0. The second-order valence-corrected chi connectivity index (χ2v) is 6.08. The maximum Gasteiger partial charge on any atom is 0.360 e. The van der Waals surface area contributed by atoms with Gasteiger partial charge in [-0.25, -0.2) is 13.9 Å². The van der Waals surface area contributed by atoms with Crippen molar-refractivity contribution >= 4 is 11.9 Å². The van der Waals surface area contributed by atoms with Gasteiger partial charge in [0.05, 0.1) is 26.4 Å². The minimum absolute atomic E-state index is 0.0324. The van der Waals surface area contributed by atoms with E-state index in [9.17, 15) is 14.0 Å². The van der Waals surface area contributed by atoms with Crippen LogP contribution >= 0.6 is 0 Å². The quantitative estimate of drug-likeness (QED) is 0.724. The molecule has 1 aromatic heterocycles. The highest BCUT2D eigenvalue weighted by molar-refractivity contribution is 5.86. The molecular weight excluding hydrogens is 341 g/mol. The van der Waals surface area contributed by atoms with Crippen LogP contribution in [0.2, 0.25) is 0 Å². The SMILES string of the molecule is COC(=O)c1cn(CN2CCN(C(=O)Cc3ccc(F)cc3)CC2)nn1. The first-order chi connectivity index (χ1) is 12.5. The molecule has 0 bridgehead atoms. The fourth-order valence-corrected chi connectivity index (χ4v) is 2.80. The van der Waals surface area contributed by atoms with Gasteiger partial charge in [0.2, 0.25) is 5.91 Å².